The minimum absolute atomic E-state index is 0.00748. The Balaban J connectivity index is 1.33. The smallest absolute Gasteiger partial charge is 0.227 e. The van der Waals surface area contributed by atoms with Crippen LogP contribution in [0.3, 0.4) is 0 Å². The van der Waals surface area contributed by atoms with E-state index >= 15 is 0 Å². The average Bonchev–Trinajstić information content (AvgIpc) is 3.25. The van der Waals surface area contributed by atoms with Gasteiger partial charge in [-0.15, -0.1) is 0 Å². The van der Waals surface area contributed by atoms with Gasteiger partial charge in [0.05, 0.1) is 12.2 Å². The zero-order valence-electron chi connectivity index (χ0n) is 15.0. The fraction of sp³-hybridized carbons (Fsp3) is 0.700. The zero-order chi connectivity index (χ0) is 17.4. The van der Waals surface area contributed by atoms with Gasteiger partial charge >= 0.3 is 0 Å². The largest absolute Gasteiger partial charge is 0.469 e. The van der Waals surface area contributed by atoms with Crippen LogP contribution in [0.15, 0.2) is 22.8 Å². The molecule has 2 aliphatic heterocycles. The van der Waals surface area contributed by atoms with Crippen LogP contribution < -0.4 is 0 Å². The van der Waals surface area contributed by atoms with E-state index in [1.807, 2.05) is 21.9 Å². The molecule has 1 aromatic heterocycles. The monoisotopic (exact) mass is 344 g/mol. The maximum absolute atomic E-state index is 12.8. The van der Waals surface area contributed by atoms with Crippen LogP contribution in [-0.2, 0) is 9.59 Å². The van der Waals surface area contributed by atoms with Gasteiger partial charge in [0.1, 0.15) is 5.76 Å². The molecular formula is C20H28N2O3. The van der Waals surface area contributed by atoms with E-state index in [0.717, 1.165) is 63.4 Å². The lowest BCUT2D eigenvalue weighted by Crippen LogP contribution is -2.48. The van der Waals surface area contributed by atoms with Gasteiger partial charge in [-0.3, -0.25) is 9.59 Å². The summed E-state index contributed by atoms with van der Waals surface area (Å²) >= 11 is 0. The van der Waals surface area contributed by atoms with Gasteiger partial charge in [0, 0.05) is 38.0 Å². The molecule has 0 aromatic carbocycles. The lowest BCUT2D eigenvalue weighted by atomic mass is 9.93. The third kappa shape index (κ3) is 3.46. The van der Waals surface area contributed by atoms with Crippen molar-refractivity contribution in [2.24, 2.45) is 17.8 Å². The molecule has 1 saturated carbocycles. The van der Waals surface area contributed by atoms with Crippen LogP contribution in [0.25, 0.3) is 0 Å². The molecule has 0 spiro atoms. The first kappa shape index (κ1) is 16.7. The average molecular weight is 344 g/mol. The van der Waals surface area contributed by atoms with Gasteiger partial charge < -0.3 is 14.2 Å². The third-order valence-electron chi connectivity index (χ3n) is 6.19. The van der Waals surface area contributed by atoms with Crippen molar-refractivity contribution in [2.75, 3.05) is 26.2 Å². The van der Waals surface area contributed by atoms with Crippen molar-refractivity contribution in [3.05, 3.63) is 24.2 Å². The Bertz CT molecular complexity index is 619. The number of carbonyl (C=O) groups is 2. The molecule has 5 nitrogen and oxygen atoms in total. The summed E-state index contributed by atoms with van der Waals surface area (Å²) < 4.78 is 5.44. The summed E-state index contributed by atoms with van der Waals surface area (Å²) in [6, 6.07) is 3.84. The Morgan fingerprint density at radius 1 is 1.08 bits per heavy atom. The molecule has 1 aliphatic carbocycles. The SMILES string of the molecule is CC1CCN(C(=O)[C@@H]2CCCN(C(=O)[C@H]3C[C@@H]3c3ccco3)C2)CC1. The number of furan rings is 1. The lowest BCUT2D eigenvalue weighted by molar-refractivity contribution is -0.142. The highest BCUT2D eigenvalue weighted by molar-refractivity contribution is 5.84. The van der Waals surface area contributed by atoms with E-state index in [1.54, 1.807) is 6.26 Å². The highest BCUT2D eigenvalue weighted by Crippen LogP contribution is 2.48. The van der Waals surface area contributed by atoms with Crippen molar-refractivity contribution < 1.29 is 14.0 Å². The van der Waals surface area contributed by atoms with E-state index < -0.39 is 0 Å². The van der Waals surface area contributed by atoms with Crippen LogP contribution in [0.1, 0.15) is 50.7 Å². The van der Waals surface area contributed by atoms with Crippen LogP contribution in [0.5, 0.6) is 0 Å². The Hall–Kier alpha value is -1.78. The molecule has 3 aliphatic rings. The maximum atomic E-state index is 12.8. The van der Waals surface area contributed by atoms with E-state index in [1.165, 1.54) is 0 Å². The van der Waals surface area contributed by atoms with E-state index in [2.05, 4.69) is 6.92 Å². The van der Waals surface area contributed by atoms with E-state index in [9.17, 15) is 9.59 Å². The molecule has 25 heavy (non-hydrogen) atoms. The van der Waals surface area contributed by atoms with Crippen LogP contribution in [0.2, 0.25) is 0 Å². The molecule has 0 radical (unpaired) electrons. The first-order chi connectivity index (χ1) is 12.1. The van der Waals surface area contributed by atoms with Crippen molar-refractivity contribution in [2.45, 2.75) is 44.9 Å². The normalized spacial score (nSPS) is 30.4. The van der Waals surface area contributed by atoms with Gasteiger partial charge in [0.15, 0.2) is 0 Å². The molecule has 0 bridgehead atoms. The number of likely N-dealkylation sites (tertiary alicyclic amines) is 2. The van der Waals surface area contributed by atoms with E-state index in [0.29, 0.717) is 6.54 Å². The van der Waals surface area contributed by atoms with Gasteiger partial charge in [-0.25, -0.2) is 0 Å². The van der Waals surface area contributed by atoms with Crippen molar-refractivity contribution in [1.82, 2.24) is 9.80 Å². The number of piperidine rings is 2. The molecule has 0 unspecified atom stereocenters. The number of rotatable bonds is 3. The summed E-state index contributed by atoms with van der Waals surface area (Å²) in [6.07, 6.45) is 6.61. The minimum Gasteiger partial charge on any atom is -0.469 e. The summed E-state index contributed by atoms with van der Waals surface area (Å²) in [4.78, 5) is 29.6. The second-order valence-corrected chi connectivity index (χ2v) is 8.10. The lowest BCUT2D eigenvalue weighted by Gasteiger charge is -2.37. The fourth-order valence-corrected chi connectivity index (χ4v) is 4.39. The molecule has 1 aromatic rings. The molecule has 3 fully saturated rings. The fourth-order valence-electron chi connectivity index (χ4n) is 4.39. The summed E-state index contributed by atoms with van der Waals surface area (Å²) in [7, 11) is 0. The number of nitrogens with zero attached hydrogens (tertiary/aromatic N) is 2. The van der Waals surface area contributed by atoms with Gasteiger partial charge in [-0.2, -0.15) is 0 Å². The quantitative estimate of drug-likeness (QED) is 0.847. The van der Waals surface area contributed by atoms with Gasteiger partial charge in [-0.1, -0.05) is 6.92 Å². The van der Waals surface area contributed by atoms with Gasteiger partial charge in [0.2, 0.25) is 11.8 Å². The molecule has 2 amide bonds. The van der Waals surface area contributed by atoms with Gasteiger partial charge in [-0.05, 0) is 50.2 Å². The van der Waals surface area contributed by atoms with Crippen LogP contribution in [-0.4, -0.2) is 47.8 Å². The number of carbonyl (C=O) groups excluding carboxylic acids is 2. The predicted molar refractivity (Wildman–Crippen MR) is 93.8 cm³/mol. The first-order valence-corrected chi connectivity index (χ1v) is 9.74. The molecule has 3 atom stereocenters. The van der Waals surface area contributed by atoms with Crippen molar-refractivity contribution in [3.8, 4) is 0 Å². The van der Waals surface area contributed by atoms with Gasteiger partial charge in [0.25, 0.3) is 0 Å². The molecule has 136 valence electrons. The molecule has 4 rings (SSSR count). The minimum atomic E-state index is -0.00748. The summed E-state index contributed by atoms with van der Waals surface area (Å²) in [5, 5.41) is 0. The van der Waals surface area contributed by atoms with Crippen molar-refractivity contribution >= 4 is 11.8 Å². The van der Waals surface area contributed by atoms with Crippen molar-refractivity contribution in [1.29, 1.82) is 0 Å². The number of hydrogen-bond donors (Lipinski definition) is 0. The summed E-state index contributed by atoms with van der Waals surface area (Å²) in [5.74, 6) is 2.41. The molecule has 3 heterocycles. The second kappa shape index (κ2) is 6.85. The first-order valence-electron chi connectivity index (χ1n) is 9.74. The Labute approximate surface area is 149 Å². The predicted octanol–water partition coefficient (Wildman–Crippen LogP) is 2.88. The third-order valence-corrected chi connectivity index (χ3v) is 6.19. The number of hydrogen-bond acceptors (Lipinski definition) is 3. The summed E-state index contributed by atoms with van der Waals surface area (Å²) in [6.45, 7) is 5.42. The molecule has 0 N–H and O–H groups in total. The number of amides is 2. The standard InChI is InChI=1S/C20H28N2O3/c1-14-6-9-21(10-7-14)19(23)15-4-2-8-22(13-15)20(24)17-12-16(17)18-5-3-11-25-18/h3,5,11,14-17H,2,4,6-10,12-13H2,1H3/t15-,16+,17+/m1/s1. The highest BCUT2D eigenvalue weighted by Gasteiger charge is 2.48. The Kier molecular flexibility index (Phi) is 4.57. The zero-order valence-corrected chi connectivity index (χ0v) is 15.0. The van der Waals surface area contributed by atoms with Crippen molar-refractivity contribution in [3.63, 3.8) is 0 Å². The van der Waals surface area contributed by atoms with Crippen LogP contribution in [0.4, 0.5) is 0 Å². The van der Waals surface area contributed by atoms with Crippen LogP contribution >= 0.6 is 0 Å². The Morgan fingerprint density at radius 2 is 1.88 bits per heavy atom. The van der Waals surface area contributed by atoms with E-state index in [-0.39, 0.29) is 29.6 Å². The van der Waals surface area contributed by atoms with Crippen LogP contribution in [0, 0.1) is 17.8 Å². The van der Waals surface area contributed by atoms with E-state index in [4.69, 9.17) is 4.42 Å². The molecule has 2 saturated heterocycles. The maximum Gasteiger partial charge on any atom is 0.227 e. The molecule has 5 heteroatoms. The second-order valence-electron chi connectivity index (χ2n) is 8.10. The highest BCUT2D eigenvalue weighted by atomic mass is 16.3. The molecular weight excluding hydrogens is 316 g/mol. The topological polar surface area (TPSA) is 53.8 Å². The summed E-state index contributed by atoms with van der Waals surface area (Å²) in [5.41, 5.74) is 0. The Morgan fingerprint density at radius 3 is 2.60 bits per heavy atom.